The minimum absolute atomic E-state index is 0.0352. The summed E-state index contributed by atoms with van der Waals surface area (Å²) in [5.74, 6) is -0.0352. The highest BCUT2D eigenvalue weighted by atomic mass is 16.2. The minimum Gasteiger partial charge on any atom is -0.346 e. The second-order valence-electron chi connectivity index (χ2n) is 5.71. The zero-order chi connectivity index (χ0) is 16.0. The molecular formula is C17H17N5O. The van der Waals surface area contributed by atoms with Gasteiger partial charge in [-0.1, -0.05) is 6.58 Å². The molecule has 0 bridgehead atoms. The van der Waals surface area contributed by atoms with Gasteiger partial charge in [0, 0.05) is 61.2 Å². The molecule has 0 saturated heterocycles. The van der Waals surface area contributed by atoms with Crippen LogP contribution in [0.25, 0.3) is 22.3 Å². The first-order chi connectivity index (χ1) is 11.2. The number of nitrogens with zero attached hydrogens (tertiary/aromatic N) is 4. The van der Waals surface area contributed by atoms with Crippen LogP contribution in [-0.2, 0) is 24.8 Å². The molecule has 4 heterocycles. The van der Waals surface area contributed by atoms with Gasteiger partial charge in [0.15, 0.2) is 0 Å². The smallest absolute Gasteiger partial charge is 0.246 e. The average molecular weight is 307 g/mol. The molecule has 0 unspecified atom stereocenters. The van der Waals surface area contributed by atoms with Crippen molar-refractivity contribution in [1.29, 1.82) is 0 Å². The maximum atomic E-state index is 12.0. The first-order valence-electron chi connectivity index (χ1n) is 7.57. The first kappa shape index (κ1) is 13.8. The summed E-state index contributed by atoms with van der Waals surface area (Å²) in [4.78, 5) is 21.2. The lowest BCUT2D eigenvalue weighted by molar-refractivity contribution is -0.126. The summed E-state index contributed by atoms with van der Waals surface area (Å²) in [5.41, 5.74) is 5.12. The van der Waals surface area contributed by atoms with Crippen molar-refractivity contribution < 1.29 is 4.79 Å². The number of hydrogen-bond acceptors (Lipinski definition) is 3. The summed E-state index contributed by atoms with van der Waals surface area (Å²) < 4.78 is 1.93. The zero-order valence-corrected chi connectivity index (χ0v) is 12.9. The number of amides is 1. The Balaban J connectivity index is 1.87. The number of aryl methyl sites for hydroxylation is 1. The predicted octanol–water partition coefficient (Wildman–Crippen LogP) is 2.03. The SMILES string of the molecule is C=CC(=O)N1CCc2c(c(-c3ccnc4[nH]ccc34)nn2C)C1. The molecule has 6 nitrogen and oxygen atoms in total. The summed E-state index contributed by atoms with van der Waals surface area (Å²) in [6, 6.07) is 3.99. The molecule has 4 rings (SSSR count). The first-order valence-corrected chi connectivity index (χ1v) is 7.57. The van der Waals surface area contributed by atoms with E-state index < -0.39 is 0 Å². The molecule has 6 heteroatoms. The highest BCUT2D eigenvalue weighted by molar-refractivity contribution is 5.93. The quantitative estimate of drug-likeness (QED) is 0.737. The van der Waals surface area contributed by atoms with Crippen LogP contribution in [0.1, 0.15) is 11.3 Å². The van der Waals surface area contributed by atoms with Gasteiger partial charge < -0.3 is 9.88 Å². The fourth-order valence-corrected chi connectivity index (χ4v) is 3.29. The molecular weight excluding hydrogens is 290 g/mol. The van der Waals surface area contributed by atoms with Crippen LogP contribution in [0, 0.1) is 0 Å². The Kier molecular flexibility index (Phi) is 3.04. The van der Waals surface area contributed by atoms with Crippen molar-refractivity contribution in [2.24, 2.45) is 7.05 Å². The van der Waals surface area contributed by atoms with Crippen molar-refractivity contribution in [3.05, 3.63) is 48.4 Å². The van der Waals surface area contributed by atoms with E-state index in [4.69, 9.17) is 5.10 Å². The number of H-pyrrole nitrogens is 1. The third-order valence-electron chi connectivity index (χ3n) is 4.44. The van der Waals surface area contributed by atoms with E-state index in [0.29, 0.717) is 13.1 Å². The van der Waals surface area contributed by atoms with Crippen LogP contribution in [0.5, 0.6) is 0 Å². The number of rotatable bonds is 2. The van der Waals surface area contributed by atoms with Crippen molar-refractivity contribution in [2.45, 2.75) is 13.0 Å². The fourth-order valence-electron chi connectivity index (χ4n) is 3.29. The Morgan fingerprint density at radius 1 is 1.43 bits per heavy atom. The lowest BCUT2D eigenvalue weighted by Gasteiger charge is -2.26. The van der Waals surface area contributed by atoms with Gasteiger partial charge in [-0.25, -0.2) is 4.98 Å². The molecule has 1 aliphatic heterocycles. The molecule has 23 heavy (non-hydrogen) atoms. The number of pyridine rings is 1. The van der Waals surface area contributed by atoms with Gasteiger partial charge in [0.05, 0.1) is 5.69 Å². The van der Waals surface area contributed by atoms with Crippen molar-refractivity contribution in [2.75, 3.05) is 6.54 Å². The topological polar surface area (TPSA) is 66.8 Å². The molecule has 3 aromatic heterocycles. The van der Waals surface area contributed by atoms with Crippen LogP contribution >= 0.6 is 0 Å². The summed E-state index contributed by atoms with van der Waals surface area (Å²) in [5, 5.41) is 5.77. The number of carbonyl (C=O) groups excluding carboxylic acids is 1. The Morgan fingerprint density at radius 2 is 2.30 bits per heavy atom. The summed E-state index contributed by atoms with van der Waals surface area (Å²) in [6.45, 7) is 4.86. The zero-order valence-electron chi connectivity index (χ0n) is 12.9. The standard InChI is InChI=1S/C17H17N5O/c1-3-15(23)22-9-6-14-13(10-22)16(20-21(14)2)11-4-7-18-17-12(11)5-8-19-17/h3-5,7-8H,1,6,9-10H2,2H3,(H,18,19). The molecule has 1 amide bonds. The summed E-state index contributed by atoms with van der Waals surface area (Å²) in [6.07, 6.45) is 5.84. The van der Waals surface area contributed by atoms with Crippen LogP contribution in [0.15, 0.2) is 37.2 Å². The highest BCUT2D eigenvalue weighted by Gasteiger charge is 2.26. The Morgan fingerprint density at radius 3 is 3.13 bits per heavy atom. The van der Waals surface area contributed by atoms with Gasteiger partial charge in [-0.05, 0) is 18.2 Å². The van der Waals surface area contributed by atoms with E-state index in [1.807, 2.05) is 35.0 Å². The molecule has 1 N–H and O–H groups in total. The van der Waals surface area contributed by atoms with Crippen LogP contribution < -0.4 is 0 Å². The molecule has 116 valence electrons. The van der Waals surface area contributed by atoms with E-state index in [1.54, 1.807) is 6.20 Å². The highest BCUT2D eigenvalue weighted by Crippen LogP contribution is 2.33. The van der Waals surface area contributed by atoms with Crippen LogP contribution in [0.4, 0.5) is 0 Å². The van der Waals surface area contributed by atoms with E-state index in [9.17, 15) is 4.79 Å². The van der Waals surface area contributed by atoms with Crippen LogP contribution in [0.2, 0.25) is 0 Å². The largest absolute Gasteiger partial charge is 0.346 e. The van der Waals surface area contributed by atoms with Crippen molar-refractivity contribution in [1.82, 2.24) is 24.6 Å². The predicted molar refractivity (Wildman–Crippen MR) is 87.6 cm³/mol. The Labute approximate surface area is 133 Å². The fraction of sp³-hybridized carbons (Fsp3) is 0.235. The maximum Gasteiger partial charge on any atom is 0.246 e. The normalized spacial score (nSPS) is 14.0. The van der Waals surface area contributed by atoms with Crippen molar-refractivity contribution in [3.8, 4) is 11.3 Å². The Bertz CT molecular complexity index is 920. The molecule has 0 aliphatic carbocycles. The number of fused-ring (bicyclic) bond motifs is 2. The second kappa shape index (κ2) is 5.08. The second-order valence-corrected chi connectivity index (χ2v) is 5.71. The minimum atomic E-state index is -0.0352. The number of nitrogens with one attached hydrogen (secondary N) is 1. The van der Waals surface area contributed by atoms with E-state index in [2.05, 4.69) is 16.5 Å². The van der Waals surface area contributed by atoms with Crippen molar-refractivity contribution in [3.63, 3.8) is 0 Å². The van der Waals surface area contributed by atoms with Crippen LogP contribution in [0.3, 0.4) is 0 Å². The molecule has 3 aromatic rings. The molecule has 0 saturated carbocycles. The molecule has 0 fully saturated rings. The summed E-state index contributed by atoms with van der Waals surface area (Å²) in [7, 11) is 1.96. The molecule has 0 aromatic carbocycles. The average Bonchev–Trinajstić information content (AvgIpc) is 3.18. The number of aromatic amines is 1. The summed E-state index contributed by atoms with van der Waals surface area (Å²) >= 11 is 0. The van der Waals surface area contributed by atoms with Gasteiger partial charge in [0.1, 0.15) is 5.65 Å². The number of carbonyl (C=O) groups is 1. The monoisotopic (exact) mass is 307 g/mol. The maximum absolute atomic E-state index is 12.0. The third kappa shape index (κ3) is 2.06. The Hall–Kier alpha value is -2.89. The number of hydrogen-bond donors (Lipinski definition) is 1. The lowest BCUT2D eigenvalue weighted by atomic mass is 10.00. The molecule has 0 spiro atoms. The molecule has 0 atom stereocenters. The number of aromatic nitrogens is 4. The van der Waals surface area contributed by atoms with Gasteiger partial charge in [-0.15, -0.1) is 0 Å². The van der Waals surface area contributed by atoms with E-state index in [0.717, 1.165) is 34.3 Å². The van der Waals surface area contributed by atoms with E-state index in [-0.39, 0.29) is 5.91 Å². The lowest BCUT2D eigenvalue weighted by Crippen LogP contribution is -2.35. The van der Waals surface area contributed by atoms with Gasteiger partial charge >= 0.3 is 0 Å². The van der Waals surface area contributed by atoms with E-state index >= 15 is 0 Å². The van der Waals surface area contributed by atoms with Gasteiger partial charge in [-0.2, -0.15) is 5.10 Å². The molecule has 0 radical (unpaired) electrons. The van der Waals surface area contributed by atoms with Gasteiger partial charge in [0.25, 0.3) is 0 Å². The third-order valence-corrected chi connectivity index (χ3v) is 4.44. The van der Waals surface area contributed by atoms with Crippen molar-refractivity contribution >= 4 is 16.9 Å². The van der Waals surface area contributed by atoms with E-state index in [1.165, 1.54) is 11.8 Å². The van der Waals surface area contributed by atoms with Gasteiger partial charge in [0.2, 0.25) is 5.91 Å². The molecule has 1 aliphatic rings. The van der Waals surface area contributed by atoms with Crippen LogP contribution in [-0.4, -0.2) is 37.1 Å². The van der Waals surface area contributed by atoms with Gasteiger partial charge in [-0.3, -0.25) is 9.48 Å².